The molecule has 0 radical (unpaired) electrons. The van der Waals surface area contributed by atoms with Gasteiger partial charge < -0.3 is 31.6 Å². The van der Waals surface area contributed by atoms with E-state index in [0.717, 1.165) is 12.3 Å². The molecule has 7 heterocycles. The molecule has 29 nitrogen and oxygen atoms in total. The SMILES string of the molecule is CC(Oc1cc(C(=O)Nc2cn[nH]c2)nnc1N)c1c(Cl)ccc(F)c1Cl.Cc1nnc(C(=O)Nc2cn[nH]c2)cc1OC(C)c1c(Cl)ccc(F)c1Cl.Nc1cn[nH]c1.O=S(=O)(O)O.O=[N+]([O-])c1cn[nH]c1.c1cn[nH]c1. The molecule has 2 atom stereocenters. The molecule has 2 aromatic carbocycles. The van der Waals surface area contributed by atoms with Gasteiger partial charge in [-0.2, -0.15) is 39.0 Å². The highest BCUT2D eigenvalue weighted by molar-refractivity contribution is 7.79. The number of aryl methyl sites for hydroxylation is 1. The minimum absolute atomic E-state index is 0.00926. The minimum atomic E-state index is -4.67. The molecular weight excluding hydrogens is 1140 g/mol. The molecular formula is C42H41Cl4F2N19O10S. The normalized spacial score (nSPS) is 11.1. The molecule has 2 unspecified atom stereocenters. The van der Waals surface area contributed by atoms with Crippen molar-refractivity contribution in [3.8, 4) is 11.5 Å². The van der Waals surface area contributed by atoms with Crippen LogP contribution in [0.4, 0.5) is 37.3 Å². The van der Waals surface area contributed by atoms with E-state index in [1.807, 2.05) is 6.07 Å². The number of hydrogen-bond donors (Lipinski definition) is 11. The average Bonchev–Trinajstić information content (AvgIpc) is 4.25. The van der Waals surface area contributed by atoms with Crippen molar-refractivity contribution in [2.24, 2.45) is 0 Å². The molecule has 13 N–H and O–H groups in total. The number of benzene rings is 2. The molecule has 78 heavy (non-hydrogen) atoms. The number of nitrogens with two attached hydrogens (primary N) is 2. The summed E-state index contributed by atoms with van der Waals surface area (Å²) in [5.74, 6) is -1.93. The number of H-pyrrole nitrogens is 5. The van der Waals surface area contributed by atoms with Crippen molar-refractivity contribution in [2.75, 3.05) is 22.1 Å². The summed E-state index contributed by atoms with van der Waals surface area (Å²) in [6, 6.07) is 9.69. The van der Waals surface area contributed by atoms with Gasteiger partial charge in [0.15, 0.2) is 23.0 Å². The topological polar surface area (TPSA) is 441 Å². The highest BCUT2D eigenvalue weighted by Gasteiger charge is 2.23. The number of carbonyl (C=O) groups excluding carboxylic acids is 2. The molecule has 0 saturated heterocycles. The maximum Gasteiger partial charge on any atom is 0.394 e. The summed E-state index contributed by atoms with van der Waals surface area (Å²) in [7, 11) is -4.67. The molecule has 0 spiro atoms. The third-order valence-corrected chi connectivity index (χ3v) is 10.3. The van der Waals surface area contributed by atoms with Gasteiger partial charge in [0, 0.05) is 64.3 Å². The molecule has 0 bridgehead atoms. The van der Waals surface area contributed by atoms with Gasteiger partial charge in [0.25, 0.3) is 11.8 Å². The van der Waals surface area contributed by atoms with Crippen LogP contribution in [0.5, 0.6) is 11.5 Å². The molecule has 0 fully saturated rings. The second-order valence-electron chi connectivity index (χ2n) is 14.5. The van der Waals surface area contributed by atoms with Crippen LogP contribution in [0.2, 0.25) is 20.1 Å². The van der Waals surface area contributed by atoms with E-state index in [1.165, 1.54) is 61.3 Å². The number of carbonyl (C=O) groups is 2. The Labute approximate surface area is 457 Å². The number of nitrogens with one attached hydrogen (secondary N) is 7. The summed E-state index contributed by atoms with van der Waals surface area (Å²) in [4.78, 5) is 33.8. The first kappa shape index (κ1) is 61.6. The second kappa shape index (κ2) is 30.0. The third kappa shape index (κ3) is 20.3. The summed E-state index contributed by atoms with van der Waals surface area (Å²) >= 11 is 24.2. The van der Waals surface area contributed by atoms with E-state index in [9.17, 15) is 28.5 Å². The van der Waals surface area contributed by atoms with E-state index < -0.39 is 51.0 Å². The lowest BCUT2D eigenvalue weighted by Gasteiger charge is -2.19. The van der Waals surface area contributed by atoms with Crippen molar-refractivity contribution in [1.82, 2.24) is 71.4 Å². The highest BCUT2D eigenvalue weighted by atomic mass is 35.5. The van der Waals surface area contributed by atoms with Gasteiger partial charge in [-0.15, -0.1) is 15.3 Å². The number of ether oxygens (including phenoxy) is 2. The highest BCUT2D eigenvalue weighted by Crippen LogP contribution is 2.37. The second-order valence-corrected chi connectivity index (χ2v) is 17.0. The van der Waals surface area contributed by atoms with Crippen molar-refractivity contribution in [3.63, 3.8) is 0 Å². The van der Waals surface area contributed by atoms with Crippen LogP contribution in [-0.4, -0.2) is 106 Å². The Morgan fingerprint density at radius 1 is 0.692 bits per heavy atom. The van der Waals surface area contributed by atoms with Gasteiger partial charge in [-0.1, -0.05) is 46.4 Å². The number of aromatic amines is 5. The molecule has 0 aliphatic rings. The Bertz CT molecular complexity index is 3240. The number of nitrogens with zero attached hydrogens (tertiary/aromatic N) is 10. The van der Waals surface area contributed by atoms with Gasteiger partial charge in [0.05, 0.1) is 56.8 Å². The Balaban J connectivity index is 0.000000236. The molecule has 0 aliphatic heterocycles. The summed E-state index contributed by atoms with van der Waals surface area (Å²) in [6.45, 7) is 4.94. The van der Waals surface area contributed by atoms with E-state index in [1.54, 1.807) is 45.6 Å². The van der Waals surface area contributed by atoms with Crippen LogP contribution in [0, 0.1) is 28.7 Å². The fourth-order valence-corrected chi connectivity index (χ4v) is 6.79. The average molecular weight is 1180 g/mol. The van der Waals surface area contributed by atoms with Crippen LogP contribution >= 0.6 is 46.4 Å². The molecule has 0 saturated carbocycles. The summed E-state index contributed by atoms with van der Waals surface area (Å²) in [5.41, 5.74) is 13.6. The largest absolute Gasteiger partial charge is 0.484 e. The van der Waals surface area contributed by atoms with Crippen molar-refractivity contribution in [1.29, 1.82) is 0 Å². The van der Waals surface area contributed by atoms with Gasteiger partial charge in [0.2, 0.25) is 0 Å². The zero-order valence-corrected chi connectivity index (χ0v) is 43.8. The van der Waals surface area contributed by atoms with Crippen molar-refractivity contribution < 1.29 is 50.3 Å². The standard InChI is InChI=1S/C17H14Cl2FN5O2.C16H13Cl2FN6O2.C3H3N3O2.C3H5N3.C3H4N2.H2O4S/c1-8-14(27-9(2)15-11(18)3-4-12(20)16(15)19)5-13(25-24-8)17(26)23-10-6-21-22-7-10;1-7(13-9(17)2-3-10(19)14(13)18)27-12-4-11(24-25-15(12)20)16(26)23-8-5-21-22-6-8;7-6(8)3-1-4-5-2-3;4-3-1-5-6-2-3;1-2-4-5-3-1;1-5(2,3)4/h3-7,9H,1-2H3,(H,21,22)(H,23,26);2-7H,1H3,(H2,20,25)(H,21,22)(H,23,26);1-2H,(H,4,5);1-2H,4H2,(H,5,6);1-3H,(H,4,5);(H2,1,2,3,4). The van der Waals surface area contributed by atoms with Gasteiger partial charge in [-0.25, -0.2) is 8.78 Å². The zero-order chi connectivity index (χ0) is 57.5. The van der Waals surface area contributed by atoms with Crippen LogP contribution in [-0.2, 0) is 10.4 Å². The lowest BCUT2D eigenvalue weighted by atomic mass is 10.1. The minimum Gasteiger partial charge on any atom is -0.484 e. The van der Waals surface area contributed by atoms with Crippen LogP contribution in [0.25, 0.3) is 0 Å². The van der Waals surface area contributed by atoms with E-state index in [4.69, 9.17) is 84.9 Å². The monoisotopic (exact) mass is 1180 g/mol. The van der Waals surface area contributed by atoms with E-state index in [2.05, 4.69) is 82.0 Å². The van der Waals surface area contributed by atoms with Gasteiger partial charge in [-0.05, 0) is 51.1 Å². The van der Waals surface area contributed by atoms with E-state index >= 15 is 0 Å². The molecule has 2 amide bonds. The lowest BCUT2D eigenvalue weighted by Crippen LogP contribution is -2.16. The predicted molar refractivity (Wildman–Crippen MR) is 278 cm³/mol. The van der Waals surface area contributed by atoms with Crippen LogP contribution in [0.3, 0.4) is 0 Å². The maximum atomic E-state index is 13.8. The first-order valence-electron chi connectivity index (χ1n) is 21.1. The number of nitro groups is 1. The quantitative estimate of drug-likeness (QED) is 0.0252. The Hall–Kier alpha value is -8.92. The number of hydrogen-bond acceptors (Lipinski definition) is 19. The number of amides is 2. The lowest BCUT2D eigenvalue weighted by molar-refractivity contribution is -0.384. The third-order valence-electron chi connectivity index (χ3n) is 8.89. The molecule has 0 aliphatic carbocycles. The molecule has 9 rings (SSSR count). The van der Waals surface area contributed by atoms with Crippen LogP contribution < -0.4 is 31.6 Å². The fourth-order valence-electron chi connectivity index (χ4n) is 5.43. The molecule has 412 valence electrons. The Morgan fingerprint density at radius 2 is 1.15 bits per heavy atom. The van der Waals surface area contributed by atoms with Crippen molar-refractivity contribution in [3.05, 3.63) is 174 Å². The maximum absolute atomic E-state index is 13.8. The van der Waals surface area contributed by atoms with Crippen molar-refractivity contribution in [2.45, 2.75) is 33.0 Å². The molecule has 7 aromatic heterocycles. The number of anilines is 4. The first-order chi connectivity index (χ1) is 36.9. The van der Waals surface area contributed by atoms with Crippen LogP contribution in [0.15, 0.2) is 104 Å². The summed E-state index contributed by atoms with van der Waals surface area (Å²) in [6.07, 6.45) is 13.5. The summed E-state index contributed by atoms with van der Waals surface area (Å²) in [5, 5.41) is 61.1. The molecule has 36 heteroatoms. The Kier molecular flexibility index (Phi) is 23.7. The predicted octanol–water partition coefficient (Wildman–Crippen LogP) is 8.03. The zero-order valence-electron chi connectivity index (χ0n) is 39.9. The fraction of sp³-hybridized carbons (Fsp3) is 0.119. The number of rotatable bonds is 11. The Morgan fingerprint density at radius 3 is 1.53 bits per heavy atom. The first-order valence-corrected chi connectivity index (χ1v) is 24.0. The molecule has 9 aromatic rings. The number of nitrogen functional groups attached to an aromatic ring is 2. The van der Waals surface area contributed by atoms with Gasteiger partial charge in [0.1, 0.15) is 41.5 Å². The van der Waals surface area contributed by atoms with Crippen molar-refractivity contribution >= 4 is 97.2 Å². The van der Waals surface area contributed by atoms with Gasteiger partial charge in [-0.3, -0.25) is 54.3 Å². The van der Waals surface area contributed by atoms with E-state index in [-0.39, 0.29) is 54.3 Å². The van der Waals surface area contributed by atoms with Crippen LogP contribution in [0.1, 0.15) is 63.9 Å². The number of aromatic nitrogens is 14. The smallest absolute Gasteiger partial charge is 0.394 e. The van der Waals surface area contributed by atoms with Gasteiger partial charge >= 0.3 is 16.1 Å². The number of halogens is 6. The van der Waals surface area contributed by atoms with E-state index in [0.29, 0.717) is 34.1 Å². The summed E-state index contributed by atoms with van der Waals surface area (Å²) < 4.78 is 70.6.